The van der Waals surface area contributed by atoms with Crippen LogP contribution in [0.1, 0.15) is 25.3 Å². The number of nitrogens with zero attached hydrogens (tertiary/aromatic N) is 4. The maximum Gasteiger partial charge on any atom is 0.223 e. The largest absolute Gasteiger partial charge is 0.347 e. The van der Waals surface area contributed by atoms with Crippen LogP contribution in [0.25, 0.3) is 11.4 Å². The van der Waals surface area contributed by atoms with Gasteiger partial charge in [-0.3, -0.25) is 0 Å². The minimum atomic E-state index is 0.549. The van der Waals surface area contributed by atoms with E-state index in [0.29, 0.717) is 5.92 Å². The molecule has 0 saturated heterocycles. The van der Waals surface area contributed by atoms with E-state index in [1.807, 2.05) is 26.0 Å². The second kappa shape index (κ2) is 4.80. The van der Waals surface area contributed by atoms with Gasteiger partial charge in [0.1, 0.15) is 0 Å². The molecule has 1 heterocycles. The van der Waals surface area contributed by atoms with Crippen LogP contribution in [0, 0.1) is 0 Å². The second-order valence-electron chi connectivity index (χ2n) is 5.03. The second-order valence-corrected chi connectivity index (χ2v) is 5.03. The zero-order valence-corrected chi connectivity index (χ0v) is 11.7. The van der Waals surface area contributed by atoms with Crippen molar-refractivity contribution in [1.29, 1.82) is 0 Å². The predicted molar refractivity (Wildman–Crippen MR) is 74.9 cm³/mol. The van der Waals surface area contributed by atoms with E-state index in [1.165, 1.54) is 5.56 Å². The van der Waals surface area contributed by atoms with E-state index in [0.717, 1.165) is 17.3 Å². The lowest BCUT2D eigenvalue weighted by Gasteiger charge is -2.08. The lowest BCUT2D eigenvalue weighted by molar-refractivity contribution is 0.753. The molecule has 0 aliphatic carbocycles. The standard InChI is InChI=1S/C14H20N4/c1-10(2)11-6-8-12(9-7-11)13-15-14(17(3)4)18(5)16-13/h6-10H,1-5H3. The summed E-state index contributed by atoms with van der Waals surface area (Å²) in [4.78, 5) is 6.49. The van der Waals surface area contributed by atoms with Crippen molar-refractivity contribution < 1.29 is 0 Å². The monoisotopic (exact) mass is 244 g/mol. The molecule has 4 nitrogen and oxygen atoms in total. The van der Waals surface area contributed by atoms with Crippen molar-refractivity contribution >= 4 is 5.95 Å². The van der Waals surface area contributed by atoms with E-state index < -0.39 is 0 Å². The highest BCUT2D eigenvalue weighted by atomic mass is 15.4. The van der Waals surface area contributed by atoms with E-state index in [9.17, 15) is 0 Å². The van der Waals surface area contributed by atoms with Crippen molar-refractivity contribution in [1.82, 2.24) is 14.8 Å². The van der Waals surface area contributed by atoms with Gasteiger partial charge in [-0.2, -0.15) is 4.98 Å². The Hall–Kier alpha value is -1.84. The Labute approximate surface area is 108 Å². The fourth-order valence-corrected chi connectivity index (χ4v) is 1.91. The molecule has 1 aromatic heterocycles. The smallest absolute Gasteiger partial charge is 0.223 e. The number of hydrogen-bond acceptors (Lipinski definition) is 3. The van der Waals surface area contributed by atoms with Crippen molar-refractivity contribution in [2.24, 2.45) is 7.05 Å². The van der Waals surface area contributed by atoms with Gasteiger partial charge in [0, 0.05) is 26.7 Å². The first kappa shape index (κ1) is 12.6. The number of anilines is 1. The van der Waals surface area contributed by atoms with Crippen LogP contribution in [0.5, 0.6) is 0 Å². The van der Waals surface area contributed by atoms with Crippen molar-refractivity contribution in [3.63, 3.8) is 0 Å². The molecule has 2 aromatic rings. The van der Waals surface area contributed by atoms with Crippen molar-refractivity contribution in [2.45, 2.75) is 19.8 Å². The lowest BCUT2D eigenvalue weighted by Crippen LogP contribution is -2.14. The molecule has 0 fully saturated rings. The molecule has 0 aliphatic rings. The van der Waals surface area contributed by atoms with E-state index in [4.69, 9.17) is 0 Å². The van der Waals surface area contributed by atoms with Gasteiger partial charge in [-0.05, 0) is 11.5 Å². The summed E-state index contributed by atoms with van der Waals surface area (Å²) in [6, 6.07) is 8.46. The average molecular weight is 244 g/mol. The van der Waals surface area contributed by atoms with Crippen molar-refractivity contribution in [3.05, 3.63) is 29.8 Å². The van der Waals surface area contributed by atoms with Gasteiger partial charge >= 0.3 is 0 Å². The molecule has 96 valence electrons. The van der Waals surface area contributed by atoms with E-state index in [2.05, 4.69) is 48.2 Å². The van der Waals surface area contributed by atoms with Crippen molar-refractivity contribution in [3.8, 4) is 11.4 Å². The first-order valence-electron chi connectivity index (χ1n) is 6.17. The summed E-state index contributed by atoms with van der Waals surface area (Å²) in [7, 11) is 5.85. The summed E-state index contributed by atoms with van der Waals surface area (Å²) in [5.74, 6) is 2.18. The van der Waals surface area contributed by atoms with Gasteiger partial charge in [0.15, 0.2) is 5.82 Å². The molecule has 0 spiro atoms. The molecule has 0 atom stereocenters. The number of aromatic nitrogens is 3. The zero-order chi connectivity index (χ0) is 13.3. The molecule has 0 radical (unpaired) electrons. The van der Waals surface area contributed by atoms with Crippen LogP contribution in [0.3, 0.4) is 0 Å². The summed E-state index contributed by atoms with van der Waals surface area (Å²) in [5, 5.41) is 4.44. The maximum absolute atomic E-state index is 4.53. The van der Waals surface area contributed by atoms with E-state index in [-0.39, 0.29) is 0 Å². The van der Waals surface area contributed by atoms with Gasteiger partial charge in [0.05, 0.1) is 0 Å². The third-order valence-electron chi connectivity index (χ3n) is 2.98. The van der Waals surface area contributed by atoms with Gasteiger partial charge in [0.25, 0.3) is 0 Å². The minimum absolute atomic E-state index is 0.549. The Kier molecular flexibility index (Phi) is 3.36. The number of benzene rings is 1. The highest BCUT2D eigenvalue weighted by Crippen LogP contribution is 2.21. The van der Waals surface area contributed by atoms with Crippen LogP contribution >= 0.6 is 0 Å². The van der Waals surface area contributed by atoms with Crippen LogP contribution in [-0.4, -0.2) is 28.9 Å². The Morgan fingerprint density at radius 1 is 1.11 bits per heavy atom. The minimum Gasteiger partial charge on any atom is -0.347 e. The van der Waals surface area contributed by atoms with Crippen LogP contribution in [0.15, 0.2) is 24.3 Å². The van der Waals surface area contributed by atoms with E-state index >= 15 is 0 Å². The fourth-order valence-electron chi connectivity index (χ4n) is 1.91. The molecule has 0 aliphatic heterocycles. The third-order valence-corrected chi connectivity index (χ3v) is 2.98. The van der Waals surface area contributed by atoms with Gasteiger partial charge < -0.3 is 4.90 Å². The molecule has 0 unspecified atom stereocenters. The molecule has 18 heavy (non-hydrogen) atoms. The topological polar surface area (TPSA) is 34.0 Å². The molecule has 0 saturated carbocycles. The zero-order valence-electron chi connectivity index (χ0n) is 11.7. The summed E-state index contributed by atoms with van der Waals surface area (Å²) >= 11 is 0. The first-order valence-corrected chi connectivity index (χ1v) is 6.17. The highest BCUT2D eigenvalue weighted by molar-refractivity contribution is 5.57. The normalized spacial score (nSPS) is 11.0. The lowest BCUT2D eigenvalue weighted by atomic mass is 10.0. The summed E-state index contributed by atoms with van der Waals surface area (Å²) in [5.41, 5.74) is 2.39. The molecule has 1 aromatic carbocycles. The van der Waals surface area contributed by atoms with Gasteiger partial charge in [-0.15, -0.1) is 5.10 Å². The summed E-state index contributed by atoms with van der Waals surface area (Å²) in [6.07, 6.45) is 0. The summed E-state index contributed by atoms with van der Waals surface area (Å²) < 4.78 is 1.80. The molecule has 4 heteroatoms. The fraction of sp³-hybridized carbons (Fsp3) is 0.429. The number of hydrogen-bond donors (Lipinski definition) is 0. The Morgan fingerprint density at radius 3 is 2.17 bits per heavy atom. The summed E-state index contributed by atoms with van der Waals surface area (Å²) in [6.45, 7) is 4.39. The van der Waals surface area contributed by atoms with E-state index in [1.54, 1.807) is 4.68 Å². The average Bonchev–Trinajstić information content (AvgIpc) is 2.71. The molecular weight excluding hydrogens is 224 g/mol. The predicted octanol–water partition coefficient (Wildman–Crippen LogP) is 2.67. The quantitative estimate of drug-likeness (QED) is 0.832. The SMILES string of the molecule is CC(C)c1ccc(-c2nc(N(C)C)n(C)n2)cc1. The van der Waals surface area contributed by atoms with Crippen LogP contribution < -0.4 is 4.90 Å². The Bertz CT molecular complexity index is 523. The Morgan fingerprint density at radius 2 is 1.72 bits per heavy atom. The van der Waals surface area contributed by atoms with Gasteiger partial charge in [-0.25, -0.2) is 4.68 Å². The van der Waals surface area contributed by atoms with Crippen LogP contribution in [0.4, 0.5) is 5.95 Å². The highest BCUT2D eigenvalue weighted by Gasteiger charge is 2.10. The third kappa shape index (κ3) is 2.37. The van der Waals surface area contributed by atoms with Gasteiger partial charge in [-0.1, -0.05) is 38.1 Å². The number of rotatable bonds is 3. The Balaban J connectivity index is 2.34. The van der Waals surface area contributed by atoms with Crippen LogP contribution in [-0.2, 0) is 7.05 Å². The molecular formula is C14H20N4. The van der Waals surface area contributed by atoms with Crippen molar-refractivity contribution in [2.75, 3.05) is 19.0 Å². The maximum atomic E-state index is 4.53. The van der Waals surface area contributed by atoms with Crippen LogP contribution in [0.2, 0.25) is 0 Å². The van der Waals surface area contributed by atoms with Gasteiger partial charge in [0.2, 0.25) is 5.95 Å². The molecule has 0 N–H and O–H groups in total. The molecule has 0 bridgehead atoms. The molecule has 2 rings (SSSR count). The molecule has 0 amide bonds. The number of aryl methyl sites for hydroxylation is 1. The first-order chi connectivity index (χ1) is 8.49.